The topological polar surface area (TPSA) is 62.3 Å². The summed E-state index contributed by atoms with van der Waals surface area (Å²) in [6.45, 7) is 6.97. The molecular formula is C21H27N3O2. The molecule has 0 saturated heterocycles. The maximum Gasteiger partial charge on any atom is 0.251 e. The Labute approximate surface area is 155 Å². The van der Waals surface area contributed by atoms with E-state index in [4.69, 9.17) is 0 Å². The first kappa shape index (κ1) is 19.6. The number of nitrogens with one attached hydrogen (secondary N) is 1. The molecule has 138 valence electrons. The quantitative estimate of drug-likeness (QED) is 0.869. The predicted molar refractivity (Wildman–Crippen MR) is 103 cm³/mol. The molecule has 0 radical (unpaired) electrons. The number of aromatic nitrogens is 1. The van der Waals surface area contributed by atoms with Crippen LogP contribution in [0.25, 0.3) is 0 Å². The summed E-state index contributed by atoms with van der Waals surface area (Å²) in [7, 11) is 1.74. The Morgan fingerprint density at radius 1 is 1.04 bits per heavy atom. The highest BCUT2D eigenvalue weighted by atomic mass is 16.2. The Kier molecular flexibility index (Phi) is 6.50. The highest BCUT2D eigenvalue weighted by Gasteiger charge is 2.15. The third-order valence-electron chi connectivity index (χ3n) is 4.32. The number of pyridine rings is 1. The van der Waals surface area contributed by atoms with Gasteiger partial charge in [-0.3, -0.25) is 14.6 Å². The zero-order chi connectivity index (χ0) is 19.2. The molecule has 5 heteroatoms. The van der Waals surface area contributed by atoms with Gasteiger partial charge in [0.05, 0.1) is 6.54 Å². The molecule has 26 heavy (non-hydrogen) atoms. The van der Waals surface area contributed by atoms with Crippen molar-refractivity contribution < 1.29 is 9.59 Å². The van der Waals surface area contributed by atoms with E-state index >= 15 is 0 Å². The van der Waals surface area contributed by atoms with Crippen LogP contribution in [0.15, 0.2) is 48.8 Å². The van der Waals surface area contributed by atoms with Crippen LogP contribution in [0.5, 0.6) is 0 Å². The van der Waals surface area contributed by atoms with Crippen molar-refractivity contribution in [1.29, 1.82) is 0 Å². The van der Waals surface area contributed by atoms with Crippen molar-refractivity contribution in [3.63, 3.8) is 0 Å². The second kappa shape index (κ2) is 8.61. The van der Waals surface area contributed by atoms with E-state index in [1.54, 1.807) is 36.5 Å². The molecule has 2 amide bonds. The summed E-state index contributed by atoms with van der Waals surface area (Å²) in [6.07, 6.45) is 4.23. The lowest BCUT2D eigenvalue weighted by Crippen LogP contribution is -2.39. The molecule has 1 N–H and O–H groups in total. The smallest absolute Gasteiger partial charge is 0.251 e. The number of nitrogens with zero attached hydrogens (tertiary/aromatic N) is 2. The minimum Gasteiger partial charge on any atom is -0.344 e. The van der Waals surface area contributed by atoms with Crippen LogP contribution in [0.3, 0.4) is 0 Å². The second-order valence-electron chi connectivity index (χ2n) is 7.43. The summed E-state index contributed by atoms with van der Waals surface area (Å²) in [6, 6.07) is 11.4. The molecule has 0 aliphatic rings. The van der Waals surface area contributed by atoms with Gasteiger partial charge in [0.15, 0.2) is 0 Å². The molecular weight excluding hydrogens is 326 g/mol. The van der Waals surface area contributed by atoms with Crippen LogP contribution < -0.4 is 5.32 Å². The standard InChI is InChI=1S/C21H27N3O2/c1-21(2,3)18-7-5-17(6-8-18)20(26)23-15-19(25)24(4)14-11-16-9-12-22-13-10-16/h5-10,12-13H,11,14-15H2,1-4H3,(H,23,26). The predicted octanol–water partition coefficient (Wildman–Crippen LogP) is 2.81. The van der Waals surface area contributed by atoms with E-state index in [-0.39, 0.29) is 23.8 Å². The number of hydrogen-bond acceptors (Lipinski definition) is 3. The summed E-state index contributed by atoms with van der Waals surface area (Å²) < 4.78 is 0. The fourth-order valence-corrected chi connectivity index (χ4v) is 2.49. The van der Waals surface area contributed by atoms with E-state index < -0.39 is 0 Å². The van der Waals surface area contributed by atoms with Crippen molar-refractivity contribution in [3.8, 4) is 0 Å². The van der Waals surface area contributed by atoms with Crippen LogP contribution >= 0.6 is 0 Å². The molecule has 2 rings (SSSR count). The summed E-state index contributed by atoms with van der Waals surface area (Å²) >= 11 is 0. The molecule has 1 heterocycles. The average Bonchev–Trinajstić information content (AvgIpc) is 2.64. The maximum atomic E-state index is 12.2. The Hall–Kier alpha value is -2.69. The molecule has 0 aliphatic heterocycles. The first-order valence-corrected chi connectivity index (χ1v) is 8.79. The van der Waals surface area contributed by atoms with E-state index in [0.717, 1.165) is 12.0 Å². The van der Waals surface area contributed by atoms with Gasteiger partial charge in [-0.1, -0.05) is 32.9 Å². The van der Waals surface area contributed by atoms with Crippen LogP contribution in [0, 0.1) is 0 Å². The van der Waals surface area contributed by atoms with E-state index in [2.05, 4.69) is 31.1 Å². The van der Waals surface area contributed by atoms with Crippen molar-refractivity contribution in [2.45, 2.75) is 32.6 Å². The van der Waals surface area contributed by atoms with Crippen molar-refractivity contribution >= 4 is 11.8 Å². The SMILES string of the molecule is CN(CCc1ccncc1)C(=O)CNC(=O)c1ccc(C(C)(C)C)cc1. The minimum atomic E-state index is -0.235. The lowest BCUT2D eigenvalue weighted by atomic mass is 9.87. The largest absolute Gasteiger partial charge is 0.344 e. The van der Waals surface area contributed by atoms with E-state index in [9.17, 15) is 9.59 Å². The van der Waals surface area contributed by atoms with Crippen LogP contribution in [0.1, 0.15) is 42.3 Å². The molecule has 0 aliphatic carbocycles. The molecule has 0 atom stereocenters. The number of carbonyl (C=O) groups excluding carboxylic acids is 2. The minimum absolute atomic E-state index is 0.00724. The van der Waals surface area contributed by atoms with Gasteiger partial charge in [0.1, 0.15) is 0 Å². The number of amides is 2. The normalized spacial score (nSPS) is 11.1. The van der Waals surface area contributed by atoms with Gasteiger partial charge in [-0.2, -0.15) is 0 Å². The summed E-state index contributed by atoms with van der Waals surface area (Å²) in [5.74, 6) is -0.347. The van der Waals surface area contributed by atoms with Gasteiger partial charge >= 0.3 is 0 Å². The zero-order valence-corrected chi connectivity index (χ0v) is 16.0. The first-order valence-electron chi connectivity index (χ1n) is 8.79. The molecule has 2 aromatic rings. The number of benzene rings is 1. The number of likely N-dealkylation sites (N-methyl/N-ethyl adjacent to an activating group) is 1. The molecule has 0 fully saturated rings. The maximum absolute atomic E-state index is 12.2. The molecule has 1 aromatic carbocycles. The molecule has 1 aromatic heterocycles. The molecule has 0 spiro atoms. The Morgan fingerprint density at radius 2 is 1.65 bits per heavy atom. The van der Waals surface area contributed by atoms with Crippen molar-refractivity contribution in [2.75, 3.05) is 20.1 Å². The van der Waals surface area contributed by atoms with Crippen LogP contribution in [-0.4, -0.2) is 41.8 Å². The van der Waals surface area contributed by atoms with E-state index in [1.165, 1.54) is 5.56 Å². The first-order chi connectivity index (χ1) is 12.3. The fraction of sp³-hybridized carbons (Fsp3) is 0.381. The summed E-state index contributed by atoms with van der Waals surface area (Å²) in [4.78, 5) is 30.0. The van der Waals surface area contributed by atoms with E-state index in [1.807, 2.05) is 24.3 Å². The molecule has 5 nitrogen and oxygen atoms in total. The van der Waals surface area contributed by atoms with Gasteiger partial charge in [0.25, 0.3) is 5.91 Å². The lowest BCUT2D eigenvalue weighted by Gasteiger charge is -2.19. The number of hydrogen-bond donors (Lipinski definition) is 1. The number of carbonyl (C=O) groups is 2. The van der Waals surface area contributed by atoms with Gasteiger partial charge in [-0.05, 0) is 47.2 Å². The second-order valence-corrected chi connectivity index (χ2v) is 7.43. The van der Waals surface area contributed by atoms with Gasteiger partial charge < -0.3 is 10.2 Å². The Morgan fingerprint density at radius 3 is 2.23 bits per heavy atom. The van der Waals surface area contributed by atoms with Crippen molar-refractivity contribution in [1.82, 2.24) is 15.2 Å². The van der Waals surface area contributed by atoms with E-state index in [0.29, 0.717) is 12.1 Å². The highest BCUT2D eigenvalue weighted by molar-refractivity contribution is 5.96. The zero-order valence-electron chi connectivity index (χ0n) is 16.0. The summed E-state index contributed by atoms with van der Waals surface area (Å²) in [5.41, 5.74) is 2.90. The highest BCUT2D eigenvalue weighted by Crippen LogP contribution is 2.22. The van der Waals surface area contributed by atoms with Crippen molar-refractivity contribution in [2.24, 2.45) is 0 Å². The van der Waals surface area contributed by atoms with Gasteiger partial charge in [-0.25, -0.2) is 0 Å². The van der Waals surface area contributed by atoms with Gasteiger partial charge in [0.2, 0.25) is 5.91 Å². The molecule has 0 saturated carbocycles. The Balaban J connectivity index is 1.81. The fourth-order valence-electron chi connectivity index (χ4n) is 2.49. The number of rotatable bonds is 6. The third kappa shape index (κ3) is 5.69. The average molecular weight is 353 g/mol. The monoisotopic (exact) mass is 353 g/mol. The van der Waals surface area contributed by atoms with Crippen LogP contribution in [0.4, 0.5) is 0 Å². The molecule has 0 bridgehead atoms. The summed E-state index contributed by atoms with van der Waals surface area (Å²) in [5, 5.41) is 2.70. The van der Waals surface area contributed by atoms with Gasteiger partial charge in [0, 0.05) is 31.5 Å². The lowest BCUT2D eigenvalue weighted by molar-refractivity contribution is -0.128. The van der Waals surface area contributed by atoms with Crippen molar-refractivity contribution in [3.05, 3.63) is 65.5 Å². The Bertz CT molecular complexity index is 734. The molecule has 0 unspecified atom stereocenters. The van der Waals surface area contributed by atoms with Crippen LogP contribution in [0.2, 0.25) is 0 Å². The third-order valence-corrected chi connectivity index (χ3v) is 4.32. The van der Waals surface area contributed by atoms with Gasteiger partial charge in [-0.15, -0.1) is 0 Å². The van der Waals surface area contributed by atoms with Crippen LogP contribution in [-0.2, 0) is 16.6 Å².